The zero-order valence-corrected chi connectivity index (χ0v) is 6.93. The first-order valence-electron chi connectivity index (χ1n) is 3.46. The lowest BCUT2D eigenvalue weighted by Gasteiger charge is -1.91. The average Bonchev–Trinajstić information content (AvgIpc) is 2.46. The Hall–Kier alpha value is -1.03. The maximum atomic E-state index is 9.30. The van der Waals surface area contributed by atoms with E-state index in [1.807, 2.05) is 22.9 Å². The fourth-order valence-electron chi connectivity index (χ4n) is 1.15. The van der Waals surface area contributed by atoms with Crippen LogP contribution in [0.3, 0.4) is 0 Å². The Morgan fingerprint density at radius 2 is 2.55 bits per heavy atom. The molecule has 2 rings (SSSR count). The zero-order valence-electron chi connectivity index (χ0n) is 6.11. The van der Waals surface area contributed by atoms with Crippen molar-refractivity contribution in [1.82, 2.24) is 9.38 Å². The van der Waals surface area contributed by atoms with E-state index in [4.69, 9.17) is 0 Å². The Bertz CT molecular complexity index is 377. The molecule has 11 heavy (non-hydrogen) atoms. The summed E-state index contributed by atoms with van der Waals surface area (Å²) in [4.78, 5) is 4.84. The monoisotopic (exact) mass is 168 g/mol. The second kappa shape index (κ2) is 2.23. The van der Waals surface area contributed by atoms with Gasteiger partial charge in [-0.05, 0) is 6.42 Å². The summed E-state index contributed by atoms with van der Waals surface area (Å²) in [5.74, 6) is 0.166. The van der Waals surface area contributed by atoms with Crippen molar-refractivity contribution in [2.24, 2.45) is 0 Å². The van der Waals surface area contributed by atoms with E-state index >= 15 is 0 Å². The van der Waals surface area contributed by atoms with E-state index in [9.17, 15) is 5.11 Å². The van der Waals surface area contributed by atoms with E-state index in [0.29, 0.717) is 0 Å². The molecule has 4 heteroatoms. The molecule has 0 aliphatic carbocycles. The van der Waals surface area contributed by atoms with Crippen LogP contribution in [0.2, 0.25) is 0 Å². The smallest absolute Gasteiger partial charge is 0.234 e. The standard InChI is InChI=1S/C7H8N2OS/c1-2-5-6(10)8-7-9(5)3-4-11-7/h3-4,10H,2H2,1H3. The SMILES string of the molecule is CCc1c(O)nc2sccn12. The Morgan fingerprint density at radius 3 is 3.27 bits per heavy atom. The van der Waals surface area contributed by atoms with E-state index in [-0.39, 0.29) is 5.88 Å². The number of hydrogen-bond acceptors (Lipinski definition) is 3. The summed E-state index contributed by atoms with van der Waals surface area (Å²) in [7, 11) is 0. The van der Waals surface area contributed by atoms with Gasteiger partial charge in [0.1, 0.15) is 0 Å². The van der Waals surface area contributed by atoms with Gasteiger partial charge in [-0.2, -0.15) is 4.98 Å². The van der Waals surface area contributed by atoms with Crippen LogP contribution in [0.1, 0.15) is 12.6 Å². The minimum absolute atomic E-state index is 0.166. The Labute approximate surface area is 67.9 Å². The molecule has 0 fully saturated rings. The van der Waals surface area contributed by atoms with E-state index in [1.165, 1.54) is 11.3 Å². The van der Waals surface area contributed by atoms with Gasteiger partial charge >= 0.3 is 0 Å². The second-order valence-electron chi connectivity index (χ2n) is 2.29. The molecule has 0 saturated carbocycles. The van der Waals surface area contributed by atoms with Gasteiger partial charge in [-0.25, -0.2) is 0 Å². The molecule has 0 amide bonds. The molecule has 0 saturated heterocycles. The summed E-state index contributed by atoms with van der Waals surface area (Å²) in [6.07, 6.45) is 2.73. The van der Waals surface area contributed by atoms with Crippen molar-refractivity contribution in [3.05, 3.63) is 17.3 Å². The lowest BCUT2D eigenvalue weighted by Crippen LogP contribution is -1.85. The van der Waals surface area contributed by atoms with Gasteiger partial charge in [0.25, 0.3) is 0 Å². The normalized spacial score (nSPS) is 11.0. The number of aryl methyl sites for hydroxylation is 1. The number of imidazole rings is 1. The number of aromatic hydroxyl groups is 1. The predicted octanol–water partition coefficient (Wildman–Crippen LogP) is 1.66. The molecule has 1 N–H and O–H groups in total. The van der Waals surface area contributed by atoms with Crippen LogP contribution < -0.4 is 0 Å². The molecular weight excluding hydrogens is 160 g/mol. The molecule has 58 valence electrons. The first kappa shape index (κ1) is 6.67. The molecule has 0 aromatic carbocycles. The summed E-state index contributed by atoms with van der Waals surface area (Å²) in [6.45, 7) is 2.00. The van der Waals surface area contributed by atoms with Crippen LogP contribution in [0.5, 0.6) is 5.88 Å². The highest BCUT2D eigenvalue weighted by atomic mass is 32.1. The number of thiazole rings is 1. The summed E-state index contributed by atoms with van der Waals surface area (Å²) in [5.41, 5.74) is 0.890. The van der Waals surface area contributed by atoms with Crippen molar-refractivity contribution < 1.29 is 5.11 Å². The van der Waals surface area contributed by atoms with Crippen LogP contribution in [0.25, 0.3) is 4.96 Å². The first-order valence-corrected chi connectivity index (χ1v) is 4.34. The van der Waals surface area contributed by atoms with Crippen molar-refractivity contribution in [1.29, 1.82) is 0 Å². The Kier molecular flexibility index (Phi) is 1.35. The molecule has 0 unspecified atom stereocenters. The van der Waals surface area contributed by atoms with Gasteiger partial charge in [-0.15, -0.1) is 11.3 Å². The largest absolute Gasteiger partial charge is 0.492 e. The summed E-state index contributed by atoms with van der Waals surface area (Å²) in [5, 5.41) is 11.3. The van der Waals surface area contributed by atoms with Crippen LogP contribution in [-0.2, 0) is 6.42 Å². The summed E-state index contributed by atoms with van der Waals surface area (Å²) >= 11 is 1.53. The predicted molar refractivity (Wildman–Crippen MR) is 44.1 cm³/mol. The van der Waals surface area contributed by atoms with Crippen molar-refractivity contribution in [3.8, 4) is 5.88 Å². The number of aromatic nitrogens is 2. The molecule has 0 bridgehead atoms. The van der Waals surface area contributed by atoms with Crippen LogP contribution in [-0.4, -0.2) is 14.5 Å². The topological polar surface area (TPSA) is 37.5 Å². The Balaban J connectivity index is 2.80. The third-order valence-corrected chi connectivity index (χ3v) is 2.43. The Morgan fingerprint density at radius 1 is 1.73 bits per heavy atom. The van der Waals surface area contributed by atoms with Gasteiger partial charge < -0.3 is 5.11 Å². The fourth-order valence-corrected chi connectivity index (χ4v) is 1.88. The van der Waals surface area contributed by atoms with Crippen molar-refractivity contribution in [3.63, 3.8) is 0 Å². The highest BCUT2D eigenvalue weighted by Gasteiger charge is 2.08. The third-order valence-electron chi connectivity index (χ3n) is 1.67. The third kappa shape index (κ3) is 0.826. The molecule has 0 spiro atoms. The first-order chi connectivity index (χ1) is 5.33. The minimum Gasteiger partial charge on any atom is -0.492 e. The van der Waals surface area contributed by atoms with Crippen LogP contribution >= 0.6 is 11.3 Å². The van der Waals surface area contributed by atoms with Crippen LogP contribution in [0.15, 0.2) is 11.6 Å². The van der Waals surface area contributed by atoms with E-state index in [1.54, 1.807) is 0 Å². The molecular formula is C7H8N2OS. The van der Waals surface area contributed by atoms with Gasteiger partial charge in [0, 0.05) is 11.6 Å². The molecule has 0 radical (unpaired) electrons. The van der Waals surface area contributed by atoms with Gasteiger partial charge in [-0.3, -0.25) is 4.40 Å². The maximum Gasteiger partial charge on any atom is 0.234 e. The maximum absolute atomic E-state index is 9.30. The highest BCUT2D eigenvalue weighted by molar-refractivity contribution is 7.15. The van der Waals surface area contributed by atoms with Gasteiger partial charge in [0.05, 0.1) is 5.69 Å². The number of hydrogen-bond donors (Lipinski definition) is 1. The highest BCUT2D eigenvalue weighted by Crippen LogP contribution is 2.21. The molecule has 2 heterocycles. The molecule has 0 aliphatic rings. The molecule has 2 aromatic rings. The van der Waals surface area contributed by atoms with Gasteiger partial charge in [-0.1, -0.05) is 6.92 Å². The molecule has 3 nitrogen and oxygen atoms in total. The lowest BCUT2D eigenvalue weighted by atomic mass is 10.3. The lowest BCUT2D eigenvalue weighted by molar-refractivity contribution is 0.450. The molecule has 0 aliphatic heterocycles. The van der Waals surface area contributed by atoms with Gasteiger partial charge in [0.2, 0.25) is 5.88 Å². The van der Waals surface area contributed by atoms with Crippen molar-refractivity contribution in [2.45, 2.75) is 13.3 Å². The van der Waals surface area contributed by atoms with Crippen molar-refractivity contribution in [2.75, 3.05) is 0 Å². The summed E-state index contributed by atoms with van der Waals surface area (Å²) in [6, 6.07) is 0. The number of rotatable bonds is 1. The number of nitrogens with zero attached hydrogens (tertiary/aromatic N) is 2. The van der Waals surface area contributed by atoms with Gasteiger partial charge in [0.15, 0.2) is 4.96 Å². The molecule has 2 aromatic heterocycles. The van der Waals surface area contributed by atoms with E-state index in [2.05, 4.69) is 4.98 Å². The zero-order chi connectivity index (χ0) is 7.84. The average molecular weight is 168 g/mol. The van der Waals surface area contributed by atoms with Crippen molar-refractivity contribution >= 4 is 16.3 Å². The molecule has 0 atom stereocenters. The van der Waals surface area contributed by atoms with E-state index < -0.39 is 0 Å². The quantitative estimate of drug-likeness (QED) is 0.703. The minimum atomic E-state index is 0.166. The number of fused-ring (bicyclic) bond motifs is 1. The fraction of sp³-hybridized carbons (Fsp3) is 0.286. The summed E-state index contributed by atoms with van der Waals surface area (Å²) < 4.78 is 1.92. The van der Waals surface area contributed by atoms with Crippen LogP contribution in [0, 0.1) is 0 Å². The van der Waals surface area contributed by atoms with Crippen LogP contribution in [0.4, 0.5) is 0 Å². The second-order valence-corrected chi connectivity index (χ2v) is 3.16. The van der Waals surface area contributed by atoms with E-state index in [0.717, 1.165) is 17.1 Å².